The number of aryl methyl sites for hydroxylation is 1. The average molecular weight is 314 g/mol. The zero-order chi connectivity index (χ0) is 12.1. The van der Waals surface area contributed by atoms with Gasteiger partial charge in [-0.05, 0) is 20.3 Å². The second-order valence-corrected chi connectivity index (χ2v) is 5.07. The van der Waals surface area contributed by atoms with Crippen LogP contribution in [0.5, 0.6) is 0 Å². The Kier molecular flexibility index (Phi) is 10.6. The summed E-state index contributed by atoms with van der Waals surface area (Å²) >= 11 is 1.59. The number of carbonyl (C=O) groups excluding carboxylic acids is 1. The van der Waals surface area contributed by atoms with Crippen molar-refractivity contribution < 1.29 is 4.79 Å². The highest BCUT2D eigenvalue weighted by atomic mass is 35.5. The number of hydrogen-bond donors (Lipinski definition) is 1. The molecule has 1 amide bonds. The van der Waals surface area contributed by atoms with Gasteiger partial charge in [-0.15, -0.1) is 36.2 Å². The number of aromatic nitrogens is 1. The minimum atomic E-state index is 0. The molecule has 4 nitrogen and oxygen atoms in total. The third kappa shape index (κ3) is 6.54. The highest BCUT2D eigenvalue weighted by molar-refractivity contribution is 7.09. The summed E-state index contributed by atoms with van der Waals surface area (Å²) in [7, 11) is 1.82. The molecule has 1 aromatic rings. The van der Waals surface area contributed by atoms with Crippen molar-refractivity contribution in [2.45, 2.75) is 39.3 Å². The molecule has 1 rings (SSSR count). The first-order chi connectivity index (χ1) is 7.50. The van der Waals surface area contributed by atoms with Crippen LogP contribution in [0.1, 0.15) is 30.3 Å². The topological polar surface area (TPSA) is 59.2 Å². The Morgan fingerprint density at radius 1 is 1.56 bits per heavy atom. The van der Waals surface area contributed by atoms with Crippen LogP contribution < -0.4 is 5.73 Å². The summed E-state index contributed by atoms with van der Waals surface area (Å²) in [4.78, 5) is 18.8. The molecule has 0 radical (unpaired) electrons. The van der Waals surface area contributed by atoms with Gasteiger partial charge in [0, 0.05) is 24.4 Å². The standard InChI is InChI=1S/C11H19N3OS.2ClH/c1-8(12)4-5-11(15)14(3)6-10-9(2)13-7-16-10;;/h7-8H,4-6,12H2,1-3H3;2*1H. The Hall–Kier alpha value is -0.360. The van der Waals surface area contributed by atoms with E-state index in [0.717, 1.165) is 17.0 Å². The van der Waals surface area contributed by atoms with E-state index in [2.05, 4.69) is 4.98 Å². The maximum atomic E-state index is 11.7. The van der Waals surface area contributed by atoms with Gasteiger partial charge in [-0.1, -0.05) is 0 Å². The molecule has 2 N–H and O–H groups in total. The van der Waals surface area contributed by atoms with Crippen molar-refractivity contribution in [3.8, 4) is 0 Å². The zero-order valence-electron chi connectivity index (χ0n) is 10.9. The van der Waals surface area contributed by atoms with Crippen molar-refractivity contribution >= 4 is 42.1 Å². The van der Waals surface area contributed by atoms with Gasteiger partial charge in [0.05, 0.1) is 17.7 Å². The molecule has 106 valence electrons. The fraction of sp³-hybridized carbons (Fsp3) is 0.636. The number of halogens is 2. The van der Waals surface area contributed by atoms with Gasteiger partial charge in [0.2, 0.25) is 5.91 Å². The van der Waals surface area contributed by atoms with Crippen molar-refractivity contribution in [1.29, 1.82) is 0 Å². The van der Waals surface area contributed by atoms with Crippen LogP contribution in [0.25, 0.3) is 0 Å². The number of hydrogen-bond acceptors (Lipinski definition) is 4. The van der Waals surface area contributed by atoms with E-state index in [9.17, 15) is 4.79 Å². The second-order valence-electron chi connectivity index (χ2n) is 4.13. The molecule has 18 heavy (non-hydrogen) atoms. The first-order valence-corrected chi connectivity index (χ1v) is 6.27. The van der Waals surface area contributed by atoms with Crippen molar-refractivity contribution in [3.05, 3.63) is 16.1 Å². The Balaban J connectivity index is 0. The van der Waals surface area contributed by atoms with Crippen LogP contribution in [0, 0.1) is 6.92 Å². The van der Waals surface area contributed by atoms with E-state index >= 15 is 0 Å². The maximum Gasteiger partial charge on any atom is 0.222 e. The van der Waals surface area contributed by atoms with Gasteiger partial charge in [0.1, 0.15) is 0 Å². The molecule has 0 aliphatic carbocycles. The molecule has 0 aliphatic rings. The fourth-order valence-electron chi connectivity index (χ4n) is 1.32. The van der Waals surface area contributed by atoms with Crippen LogP contribution >= 0.6 is 36.2 Å². The molecule has 0 bridgehead atoms. The van der Waals surface area contributed by atoms with E-state index in [-0.39, 0.29) is 36.8 Å². The summed E-state index contributed by atoms with van der Waals surface area (Å²) in [5.74, 6) is 0.144. The van der Waals surface area contributed by atoms with Gasteiger partial charge < -0.3 is 10.6 Å². The zero-order valence-corrected chi connectivity index (χ0v) is 13.3. The smallest absolute Gasteiger partial charge is 0.222 e. The van der Waals surface area contributed by atoms with Gasteiger partial charge in [-0.3, -0.25) is 4.79 Å². The van der Waals surface area contributed by atoms with Crippen molar-refractivity contribution in [3.63, 3.8) is 0 Å². The molecular weight excluding hydrogens is 293 g/mol. The number of amides is 1. The first-order valence-electron chi connectivity index (χ1n) is 5.39. The number of carbonyl (C=O) groups is 1. The third-order valence-corrected chi connectivity index (χ3v) is 3.38. The lowest BCUT2D eigenvalue weighted by Crippen LogP contribution is -2.27. The second kappa shape index (κ2) is 9.55. The quantitative estimate of drug-likeness (QED) is 0.908. The Morgan fingerprint density at radius 3 is 2.61 bits per heavy atom. The predicted octanol–water partition coefficient (Wildman–Crippen LogP) is 2.38. The summed E-state index contributed by atoms with van der Waals surface area (Å²) < 4.78 is 0. The van der Waals surface area contributed by atoms with E-state index in [1.165, 1.54) is 0 Å². The monoisotopic (exact) mass is 313 g/mol. The van der Waals surface area contributed by atoms with Crippen LogP contribution in [0.15, 0.2) is 5.51 Å². The summed E-state index contributed by atoms with van der Waals surface area (Å²) in [6, 6.07) is 0.0856. The SMILES string of the molecule is Cc1ncsc1CN(C)C(=O)CCC(C)N.Cl.Cl. The minimum absolute atomic E-state index is 0. The van der Waals surface area contributed by atoms with Gasteiger partial charge >= 0.3 is 0 Å². The van der Waals surface area contributed by atoms with Crippen molar-refractivity contribution in [2.75, 3.05) is 7.05 Å². The lowest BCUT2D eigenvalue weighted by molar-refractivity contribution is -0.130. The predicted molar refractivity (Wildman–Crippen MR) is 80.7 cm³/mol. The molecule has 1 unspecified atom stereocenters. The average Bonchev–Trinajstić information content (AvgIpc) is 2.60. The van der Waals surface area contributed by atoms with Crippen LogP contribution in [0.2, 0.25) is 0 Å². The lowest BCUT2D eigenvalue weighted by atomic mass is 10.2. The fourth-order valence-corrected chi connectivity index (χ4v) is 2.15. The van der Waals surface area contributed by atoms with Gasteiger partial charge in [-0.2, -0.15) is 0 Å². The minimum Gasteiger partial charge on any atom is -0.341 e. The number of thiazole rings is 1. The van der Waals surface area contributed by atoms with Crippen molar-refractivity contribution in [1.82, 2.24) is 9.88 Å². The molecule has 0 aliphatic heterocycles. The lowest BCUT2D eigenvalue weighted by Gasteiger charge is -2.17. The maximum absolute atomic E-state index is 11.7. The number of nitrogens with zero attached hydrogens (tertiary/aromatic N) is 2. The summed E-state index contributed by atoms with van der Waals surface area (Å²) in [6.45, 7) is 4.53. The van der Waals surface area contributed by atoms with Gasteiger partial charge in [0.25, 0.3) is 0 Å². The van der Waals surface area contributed by atoms with Crippen molar-refractivity contribution in [2.24, 2.45) is 5.73 Å². The number of nitrogens with two attached hydrogens (primary N) is 1. The van der Waals surface area contributed by atoms with Gasteiger partial charge in [0.15, 0.2) is 0 Å². The molecule has 1 heterocycles. The largest absolute Gasteiger partial charge is 0.341 e. The summed E-state index contributed by atoms with van der Waals surface area (Å²) in [5.41, 5.74) is 8.44. The highest BCUT2D eigenvalue weighted by Gasteiger charge is 2.12. The van der Waals surface area contributed by atoms with E-state index in [1.54, 1.807) is 16.2 Å². The van der Waals surface area contributed by atoms with E-state index in [0.29, 0.717) is 13.0 Å². The summed E-state index contributed by atoms with van der Waals surface area (Å²) in [6.07, 6.45) is 1.26. The molecular formula is C11H21Cl2N3OS. The number of rotatable bonds is 5. The molecule has 1 aromatic heterocycles. The molecule has 7 heteroatoms. The van der Waals surface area contributed by atoms with Crippen LogP contribution in [0.3, 0.4) is 0 Å². The third-order valence-electron chi connectivity index (χ3n) is 2.46. The van der Waals surface area contributed by atoms with E-state index in [1.807, 2.05) is 26.4 Å². The molecule has 0 saturated heterocycles. The summed E-state index contributed by atoms with van der Waals surface area (Å²) in [5, 5.41) is 0. The van der Waals surface area contributed by atoms with E-state index in [4.69, 9.17) is 5.73 Å². The molecule has 0 fully saturated rings. The van der Waals surface area contributed by atoms with Crippen LogP contribution in [-0.4, -0.2) is 28.9 Å². The normalized spacial score (nSPS) is 11.1. The molecule has 0 saturated carbocycles. The van der Waals surface area contributed by atoms with E-state index < -0.39 is 0 Å². The van der Waals surface area contributed by atoms with Crippen LogP contribution in [-0.2, 0) is 11.3 Å². The Bertz CT molecular complexity index is 358. The first kappa shape index (κ1) is 20.0. The molecule has 0 spiro atoms. The highest BCUT2D eigenvalue weighted by Crippen LogP contribution is 2.14. The Morgan fingerprint density at radius 2 is 2.17 bits per heavy atom. The Labute approximate surface area is 125 Å². The molecule has 1 atom stereocenters. The van der Waals surface area contributed by atoms with Gasteiger partial charge in [-0.25, -0.2) is 4.98 Å². The van der Waals surface area contributed by atoms with Crippen LogP contribution in [0.4, 0.5) is 0 Å². The molecule has 0 aromatic carbocycles.